The van der Waals surface area contributed by atoms with E-state index in [4.69, 9.17) is 9.47 Å². The van der Waals surface area contributed by atoms with Gasteiger partial charge in [-0.1, -0.05) is 30.3 Å². The molecule has 1 amide bonds. The summed E-state index contributed by atoms with van der Waals surface area (Å²) in [4.78, 5) is 24.0. The van der Waals surface area contributed by atoms with Crippen molar-refractivity contribution in [1.82, 2.24) is 5.32 Å². The zero-order valence-corrected chi connectivity index (χ0v) is 14.9. The molecule has 0 aromatic heterocycles. The van der Waals surface area contributed by atoms with E-state index >= 15 is 0 Å². The monoisotopic (exact) mass is 351 g/mol. The van der Waals surface area contributed by atoms with Gasteiger partial charge in [0.2, 0.25) is 0 Å². The van der Waals surface area contributed by atoms with Crippen LogP contribution in [0.3, 0.4) is 0 Å². The summed E-state index contributed by atoms with van der Waals surface area (Å²) in [6.45, 7) is -0.0808. The Balaban J connectivity index is 1.83. The van der Waals surface area contributed by atoms with Gasteiger partial charge in [0.1, 0.15) is 0 Å². The standard InChI is InChI=1S/C21H21NO4/c1-22-20(23)13-26-18-10-7-14(12-19(18)25-2)11-16-9-8-15-5-3-4-6-17(15)21(16)24/h3-7,10-12H,8-9,13H2,1-2H3,(H,22,23)/b16-11-. The van der Waals surface area contributed by atoms with E-state index < -0.39 is 0 Å². The molecule has 3 rings (SSSR count). The number of likely N-dealkylation sites (N-methyl/N-ethyl adjacent to an activating group) is 1. The molecule has 26 heavy (non-hydrogen) atoms. The Morgan fingerprint density at radius 2 is 1.96 bits per heavy atom. The van der Waals surface area contributed by atoms with Crippen molar-refractivity contribution in [3.8, 4) is 11.5 Å². The van der Waals surface area contributed by atoms with Gasteiger partial charge in [0.25, 0.3) is 5.91 Å². The second-order valence-electron chi connectivity index (χ2n) is 6.03. The fourth-order valence-electron chi connectivity index (χ4n) is 2.96. The molecule has 2 aromatic rings. The second kappa shape index (κ2) is 7.87. The largest absolute Gasteiger partial charge is 0.493 e. The van der Waals surface area contributed by atoms with Gasteiger partial charge in [-0.05, 0) is 42.2 Å². The van der Waals surface area contributed by atoms with Gasteiger partial charge in [-0.15, -0.1) is 0 Å². The second-order valence-corrected chi connectivity index (χ2v) is 6.03. The maximum absolute atomic E-state index is 12.7. The maximum atomic E-state index is 12.7. The Bertz CT molecular complexity index is 870. The number of carbonyl (C=O) groups excluding carboxylic acids is 2. The van der Waals surface area contributed by atoms with Crippen molar-refractivity contribution in [2.45, 2.75) is 12.8 Å². The smallest absolute Gasteiger partial charge is 0.257 e. The van der Waals surface area contributed by atoms with E-state index in [-0.39, 0.29) is 18.3 Å². The molecule has 0 radical (unpaired) electrons. The van der Waals surface area contributed by atoms with Gasteiger partial charge in [0.05, 0.1) is 7.11 Å². The third kappa shape index (κ3) is 3.77. The molecule has 2 aromatic carbocycles. The third-order valence-corrected chi connectivity index (χ3v) is 4.38. The quantitative estimate of drug-likeness (QED) is 0.841. The molecule has 1 N–H and O–H groups in total. The number of amides is 1. The average Bonchev–Trinajstić information content (AvgIpc) is 2.68. The van der Waals surface area contributed by atoms with Crippen molar-refractivity contribution < 1.29 is 19.1 Å². The molecule has 0 heterocycles. The van der Waals surface area contributed by atoms with Gasteiger partial charge in [0.15, 0.2) is 23.9 Å². The first-order valence-electron chi connectivity index (χ1n) is 8.47. The number of allylic oxidation sites excluding steroid dienone is 1. The van der Waals surface area contributed by atoms with E-state index in [0.717, 1.165) is 28.7 Å². The van der Waals surface area contributed by atoms with Crippen molar-refractivity contribution in [1.29, 1.82) is 0 Å². The summed E-state index contributed by atoms with van der Waals surface area (Å²) in [7, 11) is 3.10. The third-order valence-electron chi connectivity index (χ3n) is 4.38. The summed E-state index contributed by atoms with van der Waals surface area (Å²) in [6.07, 6.45) is 3.47. The number of carbonyl (C=O) groups is 2. The lowest BCUT2D eigenvalue weighted by Crippen LogP contribution is -2.24. The van der Waals surface area contributed by atoms with Crippen LogP contribution < -0.4 is 14.8 Å². The zero-order valence-electron chi connectivity index (χ0n) is 14.9. The number of fused-ring (bicyclic) bond motifs is 1. The number of aryl methyl sites for hydroxylation is 1. The van der Waals surface area contributed by atoms with E-state index in [1.807, 2.05) is 36.4 Å². The summed E-state index contributed by atoms with van der Waals surface area (Å²) in [6, 6.07) is 13.1. The Kier molecular flexibility index (Phi) is 5.37. The molecule has 0 saturated heterocycles. The minimum atomic E-state index is -0.218. The molecule has 0 spiro atoms. The van der Waals surface area contributed by atoms with Crippen molar-refractivity contribution >= 4 is 17.8 Å². The Morgan fingerprint density at radius 3 is 2.73 bits per heavy atom. The van der Waals surface area contributed by atoms with Crippen LogP contribution in [-0.4, -0.2) is 32.5 Å². The molecule has 0 saturated carbocycles. The van der Waals surface area contributed by atoms with Crippen LogP contribution in [0.15, 0.2) is 48.0 Å². The molecule has 0 atom stereocenters. The Labute approximate surface area is 152 Å². The molecule has 134 valence electrons. The van der Waals surface area contributed by atoms with Crippen LogP contribution in [0.5, 0.6) is 11.5 Å². The lowest BCUT2D eigenvalue weighted by molar-refractivity contribution is -0.122. The van der Waals surface area contributed by atoms with Crippen LogP contribution in [-0.2, 0) is 11.2 Å². The zero-order chi connectivity index (χ0) is 18.5. The Hall–Kier alpha value is -3.08. The number of rotatable bonds is 5. The number of ether oxygens (including phenoxy) is 2. The van der Waals surface area contributed by atoms with Crippen LogP contribution in [0, 0.1) is 0 Å². The highest BCUT2D eigenvalue weighted by atomic mass is 16.5. The van der Waals surface area contributed by atoms with Crippen molar-refractivity contribution in [2.24, 2.45) is 0 Å². The summed E-state index contributed by atoms with van der Waals surface area (Å²) in [5.74, 6) is 0.862. The van der Waals surface area contributed by atoms with E-state index in [1.165, 1.54) is 0 Å². The van der Waals surface area contributed by atoms with Crippen molar-refractivity contribution in [2.75, 3.05) is 20.8 Å². The molecule has 0 bridgehead atoms. The van der Waals surface area contributed by atoms with Crippen LogP contribution in [0.1, 0.15) is 27.9 Å². The van der Waals surface area contributed by atoms with Gasteiger partial charge in [0, 0.05) is 18.2 Å². The number of nitrogens with one attached hydrogen (secondary N) is 1. The molecular formula is C21H21NO4. The highest BCUT2D eigenvalue weighted by Crippen LogP contribution is 2.31. The van der Waals surface area contributed by atoms with E-state index in [9.17, 15) is 9.59 Å². The lowest BCUT2D eigenvalue weighted by Gasteiger charge is -2.17. The maximum Gasteiger partial charge on any atom is 0.257 e. The number of benzene rings is 2. The summed E-state index contributed by atoms with van der Waals surface area (Å²) in [5.41, 5.74) is 3.52. The molecule has 1 aliphatic carbocycles. The molecule has 0 aliphatic heterocycles. The van der Waals surface area contributed by atoms with Crippen LogP contribution in [0.2, 0.25) is 0 Å². The summed E-state index contributed by atoms with van der Waals surface area (Å²) >= 11 is 0. The first-order chi connectivity index (χ1) is 12.6. The highest BCUT2D eigenvalue weighted by Gasteiger charge is 2.21. The van der Waals surface area contributed by atoms with E-state index in [0.29, 0.717) is 17.9 Å². The summed E-state index contributed by atoms with van der Waals surface area (Å²) in [5, 5.41) is 2.50. The minimum absolute atomic E-state index is 0.0748. The number of Topliss-reactive ketones (excluding diaryl/α,β-unsaturated/α-hetero) is 1. The van der Waals surface area contributed by atoms with Gasteiger partial charge < -0.3 is 14.8 Å². The van der Waals surface area contributed by atoms with Crippen molar-refractivity contribution in [3.05, 3.63) is 64.7 Å². The van der Waals surface area contributed by atoms with Gasteiger partial charge >= 0.3 is 0 Å². The van der Waals surface area contributed by atoms with Crippen LogP contribution in [0.25, 0.3) is 6.08 Å². The average molecular weight is 351 g/mol. The predicted octanol–water partition coefficient (Wildman–Crippen LogP) is 3.03. The first kappa shape index (κ1) is 17.7. The molecule has 5 heteroatoms. The number of hydrogen-bond acceptors (Lipinski definition) is 4. The molecule has 1 aliphatic rings. The van der Waals surface area contributed by atoms with E-state index in [2.05, 4.69) is 5.32 Å². The normalized spacial score (nSPS) is 14.7. The number of hydrogen-bond donors (Lipinski definition) is 1. The van der Waals surface area contributed by atoms with E-state index in [1.54, 1.807) is 26.3 Å². The molecule has 0 unspecified atom stereocenters. The summed E-state index contributed by atoms with van der Waals surface area (Å²) < 4.78 is 10.8. The number of ketones is 1. The Morgan fingerprint density at radius 1 is 1.15 bits per heavy atom. The first-order valence-corrected chi connectivity index (χ1v) is 8.47. The predicted molar refractivity (Wildman–Crippen MR) is 99.6 cm³/mol. The molecular weight excluding hydrogens is 330 g/mol. The molecule has 5 nitrogen and oxygen atoms in total. The van der Waals surface area contributed by atoms with Gasteiger partial charge in [-0.3, -0.25) is 9.59 Å². The van der Waals surface area contributed by atoms with Crippen LogP contribution in [0.4, 0.5) is 0 Å². The van der Waals surface area contributed by atoms with Crippen LogP contribution >= 0.6 is 0 Å². The van der Waals surface area contributed by atoms with Crippen molar-refractivity contribution in [3.63, 3.8) is 0 Å². The topological polar surface area (TPSA) is 64.6 Å². The van der Waals surface area contributed by atoms with Gasteiger partial charge in [-0.25, -0.2) is 0 Å². The molecule has 0 fully saturated rings. The number of methoxy groups -OCH3 is 1. The fourth-order valence-corrected chi connectivity index (χ4v) is 2.96. The van der Waals surface area contributed by atoms with Gasteiger partial charge in [-0.2, -0.15) is 0 Å². The minimum Gasteiger partial charge on any atom is -0.493 e. The SMILES string of the molecule is CNC(=O)COc1ccc(/C=C2/CCc3ccccc3C2=O)cc1OC. The fraction of sp³-hybridized carbons (Fsp3) is 0.238. The lowest BCUT2D eigenvalue weighted by atomic mass is 9.86. The highest BCUT2D eigenvalue weighted by molar-refractivity contribution is 6.13.